The fourth-order valence-electron chi connectivity index (χ4n) is 1.42. The van der Waals surface area contributed by atoms with Crippen LogP contribution in [0.2, 0.25) is 0 Å². The molecule has 0 aromatic carbocycles. The molecule has 5 nitrogen and oxygen atoms in total. The van der Waals surface area contributed by atoms with Crippen molar-refractivity contribution in [2.24, 2.45) is 0 Å². The van der Waals surface area contributed by atoms with Crippen molar-refractivity contribution >= 4 is 5.82 Å². The lowest BCUT2D eigenvalue weighted by molar-refractivity contribution is 0.684. The van der Waals surface area contributed by atoms with Gasteiger partial charge in [0.05, 0.1) is 6.54 Å². The average molecular weight is 217 g/mol. The fourth-order valence-corrected chi connectivity index (χ4v) is 1.42. The molecular weight excluding hydrogens is 202 g/mol. The van der Waals surface area contributed by atoms with E-state index in [9.17, 15) is 0 Å². The molecule has 2 aromatic heterocycles. The Morgan fingerprint density at radius 3 is 3.12 bits per heavy atom. The number of hydrogen-bond donors (Lipinski definition) is 1. The van der Waals surface area contributed by atoms with Crippen molar-refractivity contribution in [3.05, 3.63) is 36.5 Å². The standard InChI is InChI=1S/C11H15N5/c1-2-4-13-11-6-10(3-5-14-11)7-16-9-12-8-15-16/h3,5-6,8-9H,2,4,7H2,1H3,(H,13,14). The van der Waals surface area contributed by atoms with Crippen molar-refractivity contribution in [2.75, 3.05) is 11.9 Å². The van der Waals surface area contributed by atoms with Crippen LogP contribution in [0.15, 0.2) is 31.0 Å². The van der Waals surface area contributed by atoms with E-state index in [4.69, 9.17) is 0 Å². The minimum Gasteiger partial charge on any atom is -0.370 e. The predicted molar refractivity (Wildman–Crippen MR) is 62.1 cm³/mol. The first kappa shape index (κ1) is 10.6. The van der Waals surface area contributed by atoms with Crippen LogP contribution in [0.25, 0.3) is 0 Å². The Kier molecular flexibility index (Phi) is 3.48. The summed E-state index contributed by atoms with van der Waals surface area (Å²) in [6.07, 6.45) is 6.15. The van der Waals surface area contributed by atoms with Gasteiger partial charge in [0.15, 0.2) is 0 Å². The number of hydrogen-bond acceptors (Lipinski definition) is 4. The summed E-state index contributed by atoms with van der Waals surface area (Å²) in [5, 5.41) is 7.33. The molecule has 5 heteroatoms. The van der Waals surface area contributed by atoms with Crippen LogP contribution < -0.4 is 5.32 Å². The monoisotopic (exact) mass is 217 g/mol. The summed E-state index contributed by atoms with van der Waals surface area (Å²) in [4.78, 5) is 8.16. The third-order valence-corrected chi connectivity index (χ3v) is 2.19. The highest BCUT2D eigenvalue weighted by Crippen LogP contribution is 2.07. The van der Waals surface area contributed by atoms with E-state index in [1.54, 1.807) is 11.0 Å². The molecule has 2 aromatic rings. The van der Waals surface area contributed by atoms with Gasteiger partial charge in [0, 0.05) is 12.7 Å². The Morgan fingerprint density at radius 2 is 2.38 bits per heavy atom. The highest BCUT2D eigenvalue weighted by atomic mass is 15.3. The molecule has 16 heavy (non-hydrogen) atoms. The number of nitrogens with one attached hydrogen (secondary N) is 1. The van der Waals surface area contributed by atoms with Gasteiger partial charge in [-0.1, -0.05) is 6.92 Å². The van der Waals surface area contributed by atoms with Crippen molar-refractivity contribution in [2.45, 2.75) is 19.9 Å². The second-order valence-electron chi connectivity index (χ2n) is 3.57. The van der Waals surface area contributed by atoms with Crippen molar-refractivity contribution in [3.63, 3.8) is 0 Å². The summed E-state index contributed by atoms with van der Waals surface area (Å²) < 4.78 is 1.79. The SMILES string of the molecule is CCCNc1cc(Cn2cncn2)ccn1. The van der Waals surface area contributed by atoms with Crippen LogP contribution in [-0.4, -0.2) is 26.3 Å². The average Bonchev–Trinajstić information content (AvgIpc) is 2.80. The maximum Gasteiger partial charge on any atom is 0.137 e. The van der Waals surface area contributed by atoms with Gasteiger partial charge in [0.1, 0.15) is 18.5 Å². The Balaban J connectivity index is 2.04. The van der Waals surface area contributed by atoms with Crippen LogP contribution in [0.5, 0.6) is 0 Å². The lowest BCUT2D eigenvalue weighted by Crippen LogP contribution is -2.04. The molecule has 1 N–H and O–H groups in total. The smallest absolute Gasteiger partial charge is 0.137 e. The molecule has 0 aliphatic carbocycles. The molecule has 0 saturated heterocycles. The summed E-state index contributed by atoms with van der Waals surface area (Å²) in [6, 6.07) is 4.02. The Morgan fingerprint density at radius 1 is 1.44 bits per heavy atom. The van der Waals surface area contributed by atoms with E-state index in [1.165, 1.54) is 11.9 Å². The zero-order valence-electron chi connectivity index (χ0n) is 9.30. The largest absolute Gasteiger partial charge is 0.370 e. The molecule has 2 heterocycles. The van der Waals surface area contributed by atoms with E-state index in [2.05, 4.69) is 27.3 Å². The van der Waals surface area contributed by atoms with Gasteiger partial charge < -0.3 is 5.32 Å². The van der Waals surface area contributed by atoms with Gasteiger partial charge in [-0.3, -0.25) is 0 Å². The molecule has 2 rings (SSSR count). The second kappa shape index (κ2) is 5.25. The van der Waals surface area contributed by atoms with Crippen LogP contribution >= 0.6 is 0 Å². The molecule has 0 aliphatic rings. The molecule has 0 amide bonds. The van der Waals surface area contributed by atoms with Gasteiger partial charge >= 0.3 is 0 Å². The second-order valence-corrected chi connectivity index (χ2v) is 3.57. The van der Waals surface area contributed by atoms with Crippen molar-refractivity contribution < 1.29 is 0 Å². The van der Waals surface area contributed by atoms with Crippen molar-refractivity contribution in [3.8, 4) is 0 Å². The van der Waals surface area contributed by atoms with Crippen molar-refractivity contribution in [1.82, 2.24) is 19.7 Å². The van der Waals surface area contributed by atoms with Gasteiger partial charge in [0.2, 0.25) is 0 Å². The molecule has 84 valence electrons. The lowest BCUT2D eigenvalue weighted by Gasteiger charge is -2.06. The first-order valence-corrected chi connectivity index (χ1v) is 5.39. The van der Waals surface area contributed by atoms with Crippen LogP contribution in [0.3, 0.4) is 0 Å². The van der Waals surface area contributed by atoms with Crippen LogP contribution in [0, 0.1) is 0 Å². The van der Waals surface area contributed by atoms with E-state index >= 15 is 0 Å². The van der Waals surface area contributed by atoms with Crippen LogP contribution in [0.4, 0.5) is 5.82 Å². The van der Waals surface area contributed by atoms with E-state index in [-0.39, 0.29) is 0 Å². The number of anilines is 1. The normalized spacial score (nSPS) is 10.3. The highest BCUT2D eigenvalue weighted by molar-refractivity contribution is 5.37. The van der Waals surface area contributed by atoms with Gasteiger partial charge in [0.25, 0.3) is 0 Å². The fraction of sp³-hybridized carbons (Fsp3) is 0.364. The maximum absolute atomic E-state index is 4.25. The van der Waals surface area contributed by atoms with E-state index < -0.39 is 0 Å². The molecule has 0 spiro atoms. The zero-order valence-corrected chi connectivity index (χ0v) is 9.30. The quantitative estimate of drug-likeness (QED) is 0.825. The van der Waals surface area contributed by atoms with Crippen LogP contribution in [0.1, 0.15) is 18.9 Å². The minimum atomic E-state index is 0.726. The molecule has 0 fully saturated rings. The zero-order chi connectivity index (χ0) is 11.2. The highest BCUT2D eigenvalue weighted by Gasteiger charge is 1.98. The van der Waals surface area contributed by atoms with E-state index in [0.29, 0.717) is 0 Å². The number of aromatic nitrogens is 4. The molecular formula is C11H15N5. The molecule has 0 unspecified atom stereocenters. The summed E-state index contributed by atoms with van der Waals surface area (Å²) in [6.45, 7) is 3.80. The van der Waals surface area contributed by atoms with Crippen molar-refractivity contribution in [1.29, 1.82) is 0 Å². The summed E-state index contributed by atoms with van der Waals surface area (Å²) >= 11 is 0. The Bertz CT molecular complexity index is 424. The third kappa shape index (κ3) is 2.79. The van der Waals surface area contributed by atoms with Gasteiger partial charge in [-0.05, 0) is 24.1 Å². The lowest BCUT2D eigenvalue weighted by atomic mass is 10.2. The van der Waals surface area contributed by atoms with Crippen LogP contribution in [-0.2, 0) is 6.54 Å². The topological polar surface area (TPSA) is 55.6 Å². The first-order chi connectivity index (χ1) is 7.88. The summed E-state index contributed by atoms with van der Waals surface area (Å²) in [7, 11) is 0. The third-order valence-electron chi connectivity index (χ3n) is 2.19. The summed E-state index contributed by atoms with van der Waals surface area (Å²) in [5.74, 6) is 0.916. The number of pyridine rings is 1. The van der Waals surface area contributed by atoms with E-state index in [1.807, 2.05) is 18.3 Å². The minimum absolute atomic E-state index is 0.726. The molecule has 0 radical (unpaired) electrons. The maximum atomic E-state index is 4.25. The van der Waals surface area contributed by atoms with Gasteiger partial charge in [-0.15, -0.1) is 0 Å². The molecule has 0 bridgehead atoms. The molecule has 0 atom stereocenters. The Hall–Kier alpha value is -1.91. The number of nitrogens with zero attached hydrogens (tertiary/aromatic N) is 4. The van der Waals surface area contributed by atoms with Gasteiger partial charge in [-0.2, -0.15) is 5.10 Å². The molecule has 0 saturated carbocycles. The molecule has 0 aliphatic heterocycles. The van der Waals surface area contributed by atoms with Gasteiger partial charge in [-0.25, -0.2) is 14.6 Å². The predicted octanol–water partition coefficient (Wildman–Crippen LogP) is 1.54. The Labute approximate surface area is 94.5 Å². The first-order valence-electron chi connectivity index (χ1n) is 5.39. The van der Waals surface area contributed by atoms with E-state index in [0.717, 1.165) is 25.3 Å². The number of rotatable bonds is 5. The summed E-state index contributed by atoms with van der Waals surface area (Å²) in [5.41, 5.74) is 1.17.